The second-order valence-corrected chi connectivity index (χ2v) is 15.2. The molecule has 254 valence electrons. The lowest BCUT2D eigenvalue weighted by atomic mass is 9.45. The van der Waals surface area contributed by atoms with Crippen molar-refractivity contribution in [2.45, 2.75) is 72.0 Å². The van der Waals surface area contributed by atoms with Gasteiger partial charge in [-0.1, -0.05) is 33.8 Å². The zero-order valence-electron chi connectivity index (χ0n) is 28.5. The number of nitrogens with zero attached hydrogens (tertiary/aromatic N) is 5. The number of methoxy groups -OCH3 is 1. The van der Waals surface area contributed by atoms with Gasteiger partial charge >= 0.3 is 0 Å². The van der Waals surface area contributed by atoms with Crippen molar-refractivity contribution < 1.29 is 9.13 Å². The molecule has 2 bridgehead atoms. The number of anilines is 1. The summed E-state index contributed by atoms with van der Waals surface area (Å²) in [5.41, 5.74) is 2.16. The average molecular weight is 672 g/mol. The molecule has 0 radical (unpaired) electrons. The van der Waals surface area contributed by atoms with Gasteiger partial charge in [-0.2, -0.15) is 0 Å². The Morgan fingerprint density at radius 1 is 1.23 bits per heavy atom. The van der Waals surface area contributed by atoms with Crippen molar-refractivity contribution in [3.8, 4) is 16.6 Å². The minimum absolute atomic E-state index is 0.176. The number of piperazine rings is 1. The fourth-order valence-electron chi connectivity index (χ4n) is 8.16. The monoisotopic (exact) mass is 671 g/mol. The SMILES string of the molecule is CC[C@H]1CN(C(=N[C@H]2C[C@@H]3C[C@H]([C@@H]2C)C3(C)C)Nc2ccc3c(=O)n(CCc4ccc(OC)cc4F)c(-c4nccs4)nc3c2)CCN1. The van der Waals surface area contributed by atoms with Gasteiger partial charge in [-0.05, 0) is 78.7 Å². The van der Waals surface area contributed by atoms with Crippen LogP contribution >= 0.6 is 11.3 Å². The highest BCUT2D eigenvalue weighted by Gasteiger charge is 2.56. The van der Waals surface area contributed by atoms with Crippen LogP contribution in [-0.2, 0) is 13.0 Å². The Labute approximate surface area is 285 Å². The van der Waals surface area contributed by atoms with E-state index in [1.807, 2.05) is 23.6 Å². The predicted molar refractivity (Wildman–Crippen MR) is 191 cm³/mol. The quantitative estimate of drug-likeness (QED) is 0.165. The molecule has 0 spiro atoms. The van der Waals surface area contributed by atoms with Crippen LogP contribution < -0.4 is 20.9 Å². The summed E-state index contributed by atoms with van der Waals surface area (Å²) in [5, 5.41) is 10.3. The number of aromatic nitrogens is 3. The second kappa shape index (κ2) is 13.2. The van der Waals surface area contributed by atoms with Crippen LogP contribution in [-0.4, -0.2) is 64.2 Å². The first-order chi connectivity index (χ1) is 23.2. The minimum Gasteiger partial charge on any atom is -0.497 e. The van der Waals surface area contributed by atoms with E-state index in [2.05, 4.69) is 48.2 Å². The van der Waals surface area contributed by atoms with Gasteiger partial charge in [-0.3, -0.25) is 9.36 Å². The number of guanidine groups is 1. The van der Waals surface area contributed by atoms with Gasteiger partial charge < -0.3 is 20.3 Å². The van der Waals surface area contributed by atoms with Crippen LogP contribution in [0.15, 0.2) is 57.8 Å². The number of ether oxygens (including phenoxy) is 1. The Morgan fingerprint density at radius 3 is 2.79 bits per heavy atom. The Hall–Kier alpha value is -3.83. The number of hydrogen-bond acceptors (Lipinski definition) is 7. The summed E-state index contributed by atoms with van der Waals surface area (Å²) in [6, 6.07) is 11.2. The molecule has 4 aromatic rings. The van der Waals surface area contributed by atoms with E-state index < -0.39 is 0 Å². The van der Waals surface area contributed by atoms with Crippen molar-refractivity contribution in [3.05, 3.63) is 69.7 Å². The molecule has 1 saturated heterocycles. The van der Waals surface area contributed by atoms with E-state index in [1.165, 1.54) is 30.9 Å². The lowest BCUT2D eigenvalue weighted by Gasteiger charge is -2.61. The summed E-state index contributed by atoms with van der Waals surface area (Å²) in [7, 11) is 1.51. The van der Waals surface area contributed by atoms with Crippen LogP contribution in [0.3, 0.4) is 0 Å². The topological polar surface area (TPSA) is 96.7 Å². The number of benzene rings is 2. The van der Waals surface area contributed by atoms with E-state index in [1.54, 1.807) is 22.9 Å². The third-order valence-electron chi connectivity index (χ3n) is 11.3. The molecule has 0 amide bonds. The summed E-state index contributed by atoms with van der Waals surface area (Å²) >= 11 is 1.42. The Kier molecular flexibility index (Phi) is 9.02. The molecule has 9 nitrogen and oxygen atoms in total. The molecular weight excluding hydrogens is 626 g/mol. The van der Waals surface area contributed by atoms with Crippen molar-refractivity contribution in [1.82, 2.24) is 24.8 Å². The second-order valence-electron chi connectivity index (χ2n) is 14.3. The molecule has 5 atom stereocenters. The number of halogens is 1. The number of nitrogens with one attached hydrogen (secondary N) is 2. The Morgan fingerprint density at radius 2 is 2.08 bits per heavy atom. The van der Waals surface area contributed by atoms with Crippen LogP contribution in [0.2, 0.25) is 0 Å². The number of fused-ring (bicyclic) bond motifs is 3. The summed E-state index contributed by atoms with van der Waals surface area (Å²) in [4.78, 5) is 31.3. The highest BCUT2D eigenvalue weighted by atomic mass is 32.1. The van der Waals surface area contributed by atoms with Crippen LogP contribution in [0.25, 0.3) is 21.7 Å². The van der Waals surface area contributed by atoms with E-state index in [0.717, 1.165) is 50.0 Å². The van der Waals surface area contributed by atoms with Gasteiger partial charge in [0.25, 0.3) is 5.56 Å². The van der Waals surface area contributed by atoms with Crippen molar-refractivity contribution in [2.75, 3.05) is 32.1 Å². The summed E-state index contributed by atoms with van der Waals surface area (Å²) < 4.78 is 21.6. The summed E-state index contributed by atoms with van der Waals surface area (Å²) in [6.45, 7) is 12.4. The van der Waals surface area contributed by atoms with Crippen molar-refractivity contribution in [1.29, 1.82) is 0 Å². The standard InChI is InChI=1S/C37H46FN7O2S/c1-6-25-21-44(15-12-39-25)36(43-31-18-24-17-29(22(31)2)37(24,3)4)41-26-8-10-28-32(19-26)42-33(34-40-13-16-48-34)45(35(28)46)14-11-23-7-9-27(47-5)20-30(23)38/h7-10,13,16,19-20,22,24-25,29,31,39H,6,11-12,14-15,17-18,21H2,1-5H3,(H,41,43)/t22-,24-,25-,29+,31-/m0/s1. The molecule has 1 aliphatic heterocycles. The zero-order valence-corrected chi connectivity index (χ0v) is 29.3. The fourth-order valence-corrected chi connectivity index (χ4v) is 8.79. The normalized spacial score (nSPS) is 25.2. The zero-order chi connectivity index (χ0) is 33.6. The summed E-state index contributed by atoms with van der Waals surface area (Å²) in [5.74, 6) is 3.42. The molecule has 4 aliphatic rings. The lowest BCUT2D eigenvalue weighted by Crippen LogP contribution is -2.57. The van der Waals surface area contributed by atoms with Gasteiger partial charge in [0.1, 0.15) is 11.6 Å². The average Bonchev–Trinajstić information content (AvgIpc) is 3.63. The smallest absolute Gasteiger partial charge is 0.261 e. The predicted octanol–water partition coefficient (Wildman–Crippen LogP) is 6.43. The highest BCUT2D eigenvalue weighted by molar-refractivity contribution is 7.13. The van der Waals surface area contributed by atoms with E-state index in [4.69, 9.17) is 14.7 Å². The largest absolute Gasteiger partial charge is 0.497 e. The number of rotatable bonds is 8. The molecule has 3 heterocycles. The minimum atomic E-state index is -0.363. The maximum atomic E-state index is 14.8. The molecular formula is C37H46FN7O2S. The van der Waals surface area contributed by atoms with Gasteiger partial charge in [0.15, 0.2) is 16.8 Å². The van der Waals surface area contributed by atoms with Crippen molar-refractivity contribution in [3.63, 3.8) is 0 Å². The Balaban J connectivity index is 1.22. The first-order valence-electron chi connectivity index (χ1n) is 17.3. The molecule has 2 aromatic heterocycles. The maximum absolute atomic E-state index is 14.8. The van der Waals surface area contributed by atoms with Gasteiger partial charge in [-0.25, -0.2) is 19.4 Å². The van der Waals surface area contributed by atoms with Crippen molar-refractivity contribution >= 4 is 33.9 Å². The van der Waals surface area contributed by atoms with E-state index in [9.17, 15) is 9.18 Å². The molecule has 11 heteroatoms. The number of hydrogen-bond donors (Lipinski definition) is 2. The third-order valence-corrected chi connectivity index (χ3v) is 12.1. The first-order valence-corrected chi connectivity index (χ1v) is 18.1. The third kappa shape index (κ3) is 6.11. The molecule has 8 rings (SSSR count). The number of aryl methyl sites for hydroxylation is 1. The molecule has 3 aliphatic carbocycles. The molecule has 0 unspecified atom stereocenters. The fraction of sp³-hybridized carbons (Fsp3) is 0.514. The van der Waals surface area contributed by atoms with E-state index >= 15 is 0 Å². The molecule has 2 N–H and O–H groups in total. The maximum Gasteiger partial charge on any atom is 0.261 e. The highest BCUT2D eigenvalue weighted by Crippen LogP contribution is 2.61. The van der Waals surface area contributed by atoms with Crippen LogP contribution in [0, 0.1) is 29.0 Å². The van der Waals surface area contributed by atoms with Gasteiger partial charge in [0.05, 0.1) is 24.1 Å². The van der Waals surface area contributed by atoms with Crippen LogP contribution in [0.1, 0.15) is 52.5 Å². The molecule has 2 aromatic carbocycles. The first kappa shape index (κ1) is 32.7. The molecule has 4 fully saturated rings. The molecule has 3 saturated carbocycles. The van der Waals surface area contributed by atoms with E-state index in [-0.39, 0.29) is 24.0 Å². The Bertz CT molecular complexity index is 1870. The van der Waals surface area contributed by atoms with Gasteiger partial charge in [0.2, 0.25) is 0 Å². The van der Waals surface area contributed by atoms with Crippen LogP contribution in [0.5, 0.6) is 5.75 Å². The van der Waals surface area contributed by atoms with Gasteiger partial charge in [-0.15, -0.1) is 11.3 Å². The lowest BCUT2D eigenvalue weighted by molar-refractivity contribution is -0.108. The van der Waals surface area contributed by atoms with Crippen molar-refractivity contribution in [2.24, 2.45) is 28.2 Å². The van der Waals surface area contributed by atoms with Gasteiger partial charge in [0, 0.05) is 55.6 Å². The number of thiazole rings is 1. The van der Waals surface area contributed by atoms with E-state index in [0.29, 0.717) is 62.8 Å². The summed E-state index contributed by atoms with van der Waals surface area (Å²) in [6.07, 6.45) is 5.52. The van der Waals surface area contributed by atoms with Crippen LogP contribution in [0.4, 0.5) is 10.1 Å². The molecule has 48 heavy (non-hydrogen) atoms. The number of aliphatic imine (C=N–C) groups is 1.